The topological polar surface area (TPSA) is 12.9 Å². The maximum Gasteiger partial charge on any atom is 0.174 e. The number of pyridine rings is 1. The van der Waals surface area contributed by atoms with Crippen molar-refractivity contribution in [3.8, 4) is 0 Å². The van der Waals surface area contributed by atoms with E-state index in [4.69, 9.17) is 0 Å². The Balaban J connectivity index is 2.41. The third kappa shape index (κ3) is 1.20. The van der Waals surface area contributed by atoms with Gasteiger partial charge in [-0.15, -0.1) is 0 Å². The Kier molecular flexibility index (Phi) is 1.72. The van der Waals surface area contributed by atoms with Crippen LogP contribution in [0, 0.1) is 0 Å². The van der Waals surface area contributed by atoms with E-state index < -0.39 is 0 Å². The zero-order valence-corrected chi connectivity index (χ0v) is 6.93. The van der Waals surface area contributed by atoms with Crippen molar-refractivity contribution in [3.63, 3.8) is 0 Å². The summed E-state index contributed by atoms with van der Waals surface area (Å²) in [7, 11) is 2.44. The van der Waals surface area contributed by atoms with Crippen molar-refractivity contribution in [1.29, 1.82) is 0 Å². The molecule has 11 heavy (non-hydrogen) atoms. The Morgan fingerprint density at radius 3 is 3.27 bits per heavy atom. The standard InChI is InChI=1S/C8H11B2N/c1-2-6-3-7-8(11-4-6)10-5-9-7/h3-4,9-10H,2,5H2,1H3. The van der Waals surface area contributed by atoms with Crippen LogP contribution in [0.25, 0.3) is 0 Å². The van der Waals surface area contributed by atoms with Crippen molar-refractivity contribution in [2.24, 2.45) is 0 Å². The lowest BCUT2D eigenvalue weighted by Crippen LogP contribution is -2.28. The Morgan fingerprint density at radius 1 is 1.55 bits per heavy atom. The summed E-state index contributed by atoms with van der Waals surface area (Å²) < 4.78 is 0. The fraction of sp³-hybridized carbons (Fsp3) is 0.375. The van der Waals surface area contributed by atoms with E-state index in [0.29, 0.717) is 0 Å². The van der Waals surface area contributed by atoms with E-state index in [-0.39, 0.29) is 0 Å². The molecule has 1 aromatic heterocycles. The maximum absolute atomic E-state index is 4.43. The highest BCUT2D eigenvalue weighted by Crippen LogP contribution is 1.96. The van der Waals surface area contributed by atoms with Gasteiger partial charge in [-0.2, -0.15) is 0 Å². The number of nitrogens with zero attached hydrogens (tertiary/aromatic N) is 1. The zero-order chi connectivity index (χ0) is 7.68. The van der Waals surface area contributed by atoms with Crippen LogP contribution in [-0.2, 0) is 6.42 Å². The fourth-order valence-corrected chi connectivity index (χ4v) is 1.67. The predicted octanol–water partition coefficient (Wildman–Crippen LogP) is -0.843. The van der Waals surface area contributed by atoms with Gasteiger partial charge >= 0.3 is 0 Å². The minimum Gasteiger partial charge on any atom is -0.272 e. The third-order valence-electron chi connectivity index (χ3n) is 2.38. The molecule has 1 aromatic rings. The number of aromatic nitrogens is 1. The van der Waals surface area contributed by atoms with E-state index >= 15 is 0 Å². The molecule has 0 aliphatic carbocycles. The molecule has 1 aliphatic heterocycles. The second kappa shape index (κ2) is 2.72. The van der Waals surface area contributed by atoms with Gasteiger partial charge in [0.15, 0.2) is 14.6 Å². The number of rotatable bonds is 1. The molecule has 0 bridgehead atoms. The predicted molar refractivity (Wildman–Crippen MR) is 52.0 cm³/mol. The van der Waals surface area contributed by atoms with E-state index in [1.54, 1.807) is 0 Å². The second-order valence-corrected chi connectivity index (χ2v) is 3.16. The van der Waals surface area contributed by atoms with Gasteiger partial charge < -0.3 is 0 Å². The smallest absolute Gasteiger partial charge is 0.174 e. The normalized spacial score (nSPS) is 13.5. The molecule has 3 heteroatoms. The first kappa shape index (κ1) is 6.96. The summed E-state index contributed by atoms with van der Waals surface area (Å²) in [6, 6.07) is 2.31. The number of hydrogen-bond acceptors (Lipinski definition) is 1. The van der Waals surface area contributed by atoms with E-state index in [1.165, 1.54) is 37.4 Å². The van der Waals surface area contributed by atoms with Gasteiger partial charge in [0.25, 0.3) is 0 Å². The second-order valence-electron chi connectivity index (χ2n) is 3.16. The SMILES string of the molecule is CCc1cnc2c(c1)BCB2. The number of aryl methyl sites for hydroxylation is 1. The lowest BCUT2D eigenvalue weighted by Gasteiger charge is -2.00. The molecule has 0 N–H and O–H groups in total. The quantitative estimate of drug-likeness (QED) is 0.466. The van der Waals surface area contributed by atoms with Crippen LogP contribution in [0.2, 0.25) is 6.22 Å². The average Bonchev–Trinajstić information content (AvgIpc) is 2.50. The molecule has 0 saturated carbocycles. The van der Waals surface area contributed by atoms with Crippen LogP contribution in [0.4, 0.5) is 0 Å². The number of fused-ring (bicyclic) bond motifs is 1. The summed E-state index contributed by atoms with van der Waals surface area (Å²) in [5, 5.41) is 0. The Labute approximate surface area is 68.7 Å². The van der Waals surface area contributed by atoms with Crippen molar-refractivity contribution in [2.45, 2.75) is 19.6 Å². The van der Waals surface area contributed by atoms with Gasteiger partial charge in [0.1, 0.15) is 0 Å². The molecule has 2 rings (SSSR count). The molecule has 0 spiro atoms. The summed E-state index contributed by atoms with van der Waals surface area (Å²) in [5.74, 6) is 0. The van der Waals surface area contributed by atoms with Crippen molar-refractivity contribution in [3.05, 3.63) is 17.8 Å². The lowest BCUT2D eigenvalue weighted by atomic mass is 9.63. The molecule has 0 amide bonds. The van der Waals surface area contributed by atoms with Gasteiger partial charge in [0.2, 0.25) is 0 Å². The first-order chi connectivity index (χ1) is 5.40. The molecule has 0 fully saturated rings. The van der Waals surface area contributed by atoms with Crippen molar-refractivity contribution in [1.82, 2.24) is 4.98 Å². The molecule has 0 aromatic carbocycles. The minimum absolute atomic E-state index is 1.11. The molecule has 0 radical (unpaired) electrons. The first-order valence-corrected chi connectivity index (χ1v) is 4.37. The highest BCUT2D eigenvalue weighted by molar-refractivity contribution is 6.81. The van der Waals surface area contributed by atoms with Crippen LogP contribution in [-0.4, -0.2) is 19.5 Å². The fourth-order valence-electron chi connectivity index (χ4n) is 1.67. The molecule has 1 nitrogen and oxygen atoms in total. The Morgan fingerprint density at radius 2 is 2.45 bits per heavy atom. The van der Waals surface area contributed by atoms with Crippen LogP contribution in [0.1, 0.15) is 12.5 Å². The Hall–Kier alpha value is -0.720. The third-order valence-corrected chi connectivity index (χ3v) is 2.38. The van der Waals surface area contributed by atoms with E-state index in [2.05, 4.69) is 18.0 Å². The van der Waals surface area contributed by atoms with Crippen molar-refractivity contribution in [2.75, 3.05) is 0 Å². The summed E-state index contributed by atoms with van der Waals surface area (Å²) in [4.78, 5) is 4.43. The van der Waals surface area contributed by atoms with Crippen LogP contribution in [0.3, 0.4) is 0 Å². The highest BCUT2D eigenvalue weighted by atomic mass is 14.6. The van der Waals surface area contributed by atoms with Crippen molar-refractivity contribution >= 4 is 25.6 Å². The van der Waals surface area contributed by atoms with Gasteiger partial charge in [-0.1, -0.05) is 24.7 Å². The zero-order valence-electron chi connectivity index (χ0n) is 6.93. The highest BCUT2D eigenvalue weighted by Gasteiger charge is 2.13. The summed E-state index contributed by atoms with van der Waals surface area (Å²) >= 11 is 0. The summed E-state index contributed by atoms with van der Waals surface area (Å²) in [6.45, 7) is 2.18. The lowest BCUT2D eigenvalue weighted by molar-refractivity contribution is 1.12. The molecule has 1 aliphatic rings. The molecule has 54 valence electrons. The van der Waals surface area contributed by atoms with Gasteiger partial charge in [-0.25, -0.2) is 0 Å². The average molecular weight is 143 g/mol. The largest absolute Gasteiger partial charge is 0.272 e. The maximum atomic E-state index is 4.43. The van der Waals surface area contributed by atoms with Crippen LogP contribution < -0.4 is 11.1 Å². The Bertz CT molecular complexity index is 273. The minimum atomic E-state index is 1.11. The van der Waals surface area contributed by atoms with Gasteiger partial charge in [0.05, 0.1) is 0 Å². The molecule has 0 unspecified atom stereocenters. The van der Waals surface area contributed by atoms with Crippen LogP contribution >= 0.6 is 0 Å². The van der Waals surface area contributed by atoms with Crippen molar-refractivity contribution < 1.29 is 0 Å². The van der Waals surface area contributed by atoms with E-state index in [1.807, 2.05) is 6.20 Å². The monoisotopic (exact) mass is 143 g/mol. The molecule has 0 atom stereocenters. The number of hydrogen-bond donors (Lipinski definition) is 0. The molecular formula is C8H11B2N. The van der Waals surface area contributed by atoms with Gasteiger partial charge in [-0.05, 0) is 17.6 Å². The molecular weight excluding hydrogens is 132 g/mol. The molecule has 0 saturated heterocycles. The summed E-state index contributed by atoms with van der Waals surface area (Å²) in [6.07, 6.45) is 4.43. The van der Waals surface area contributed by atoms with E-state index in [0.717, 1.165) is 6.42 Å². The van der Waals surface area contributed by atoms with E-state index in [9.17, 15) is 0 Å². The van der Waals surface area contributed by atoms with Crippen LogP contribution in [0.15, 0.2) is 12.3 Å². The summed E-state index contributed by atoms with van der Waals surface area (Å²) in [5.41, 5.74) is 4.21. The van der Waals surface area contributed by atoms with Gasteiger partial charge in [-0.3, -0.25) is 4.98 Å². The molecule has 2 heterocycles. The first-order valence-electron chi connectivity index (χ1n) is 4.37. The van der Waals surface area contributed by atoms with Gasteiger partial charge in [0, 0.05) is 6.20 Å². The van der Waals surface area contributed by atoms with Crippen LogP contribution in [0.5, 0.6) is 0 Å².